The SMILES string of the molecule is CC(C)Oc1ccc2[nH]nc(-c3nc4ccc(NCCc5cccnc5)cc4[nH]3)c2c1. The van der Waals surface area contributed by atoms with Crippen molar-refractivity contribution >= 4 is 27.6 Å². The molecule has 0 saturated heterocycles. The Morgan fingerprint density at radius 3 is 2.84 bits per heavy atom. The predicted octanol–water partition coefficient (Wildman–Crippen LogP) is 4.94. The normalized spacial score (nSPS) is 11.5. The Bertz CT molecular complexity index is 1320. The minimum Gasteiger partial charge on any atom is -0.491 e. The fourth-order valence-corrected chi connectivity index (χ4v) is 3.65. The van der Waals surface area contributed by atoms with Crippen LogP contribution < -0.4 is 10.1 Å². The number of imidazole rings is 1. The lowest BCUT2D eigenvalue weighted by Crippen LogP contribution is -2.05. The first-order valence-electron chi connectivity index (χ1n) is 10.4. The first-order chi connectivity index (χ1) is 15.2. The summed E-state index contributed by atoms with van der Waals surface area (Å²) < 4.78 is 5.84. The summed E-state index contributed by atoms with van der Waals surface area (Å²) in [4.78, 5) is 12.3. The van der Waals surface area contributed by atoms with E-state index in [1.165, 1.54) is 5.56 Å². The summed E-state index contributed by atoms with van der Waals surface area (Å²) in [5.74, 6) is 1.55. The molecule has 3 heterocycles. The molecule has 0 aliphatic rings. The van der Waals surface area contributed by atoms with E-state index < -0.39 is 0 Å². The van der Waals surface area contributed by atoms with Crippen molar-refractivity contribution in [1.29, 1.82) is 0 Å². The third-order valence-electron chi connectivity index (χ3n) is 5.08. The number of aromatic amines is 2. The second-order valence-corrected chi connectivity index (χ2v) is 7.80. The highest BCUT2D eigenvalue weighted by Gasteiger charge is 2.14. The number of hydrogen-bond donors (Lipinski definition) is 3. The Kier molecular flexibility index (Phi) is 5.00. The molecule has 0 aliphatic carbocycles. The maximum atomic E-state index is 5.84. The summed E-state index contributed by atoms with van der Waals surface area (Å²) in [5.41, 5.74) is 5.86. The number of H-pyrrole nitrogens is 2. The number of nitrogens with one attached hydrogen (secondary N) is 3. The molecule has 0 fully saturated rings. The number of rotatable bonds is 7. The molecule has 0 bridgehead atoms. The van der Waals surface area contributed by atoms with E-state index in [0.29, 0.717) is 0 Å². The number of hydrogen-bond acceptors (Lipinski definition) is 5. The van der Waals surface area contributed by atoms with Crippen LogP contribution >= 0.6 is 0 Å². The Hall–Kier alpha value is -3.87. The average Bonchev–Trinajstić information content (AvgIpc) is 3.37. The van der Waals surface area contributed by atoms with Gasteiger partial charge in [0.25, 0.3) is 0 Å². The summed E-state index contributed by atoms with van der Waals surface area (Å²) in [6, 6.07) is 16.1. The first kappa shape index (κ1) is 19.1. The lowest BCUT2D eigenvalue weighted by molar-refractivity contribution is 0.243. The van der Waals surface area contributed by atoms with Crippen molar-refractivity contribution in [3.05, 3.63) is 66.5 Å². The summed E-state index contributed by atoms with van der Waals surface area (Å²) in [7, 11) is 0. The first-order valence-corrected chi connectivity index (χ1v) is 10.4. The van der Waals surface area contributed by atoms with Gasteiger partial charge in [0.15, 0.2) is 5.82 Å². The Morgan fingerprint density at radius 2 is 2.00 bits per heavy atom. The number of nitrogens with zero attached hydrogens (tertiary/aromatic N) is 3. The summed E-state index contributed by atoms with van der Waals surface area (Å²) >= 11 is 0. The Labute approximate surface area is 179 Å². The van der Waals surface area contributed by atoms with Crippen LogP contribution in [0.2, 0.25) is 0 Å². The van der Waals surface area contributed by atoms with Crippen LogP contribution in [0.25, 0.3) is 33.5 Å². The van der Waals surface area contributed by atoms with Crippen molar-refractivity contribution in [2.45, 2.75) is 26.4 Å². The van der Waals surface area contributed by atoms with Crippen molar-refractivity contribution in [3.63, 3.8) is 0 Å². The molecule has 0 unspecified atom stereocenters. The van der Waals surface area contributed by atoms with Gasteiger partial charge in [-0.3, -0.25) is 10.1 Å². The number of pyridine rings is 1. The van der Waals surface area contributed by atoms with Crippen molar-refractivity contribution in [1.82, 2.24) is 25.1 Å². The van der Waals surface area contributed by atoms with Gasteiger partial charge in [0, 0.05) is 30.0 Å². The third kappa shape index (κ3) is 4.07. The smallest absolute Gasteiger partial charge is 0.159 e. The van der Waals surface area contributed by atoms with Crippen LogP contribution in [0, 0.1) is 0 Å². The molecular weight excluding hydrogens is 388 g/mol. The van der Waals surface area contributed by atoms with E-state index in [2.05, 4.69) is 37.6 Å². The Morgan fingerprint density at radius 1 is 1.06 bits per heavy atom. The van der Waals surface area contributed by atoms with Crippen molar-refractivity contribution in [2.24, 2.45) is 0 Å². The summed E-state index contributed by atoms with van der Waals surface area (Å²) in [6.07, 6.45) is 4.72. The lowest BCUT2D eigenvalue weighted by atomic mass is 10.2. The molecule has 0 amide bonds. The van der Waals surface area contributed by atoms with Crippen LogP contribution in [0.3, 0.4) is 0 Å². The molecule has 0 radical (unpaired) electrons. The number of ether oxygens (including phenoxy) is 1. The molecule has 3 aromatic heterocycles. The highest BCUT2D eigenvalue weighted by Crippen LogP contribution is 2.30. The minimum absolute atomic E-state index is 0.114. The van der Waals surface area contributed by atoms with E-state index in [1.807, 2.05) is 56.4 Å². The highest BCUT2D eigenvalue weighted by atomic mass is 16.5. The average molecular weight is 412 g/mol. The number of benzene rings is 2. The second-order valence-electron chi connectivity index (χ2n) is 7.80. The zero-order chi connectivity index (χ0) is 21.2. The largest absolute Gasteiger partial charge is 0.491 e. The highest BCUT2D eigenvalue weighted by molar-refractivity contribution is 5.94. The van der Waals surface area contributed by atoms with Gasteiger partial charge in [-0.15, -0.1) is 0 Å². The molecule has 5 aromatic rings. The quantitative estimate of drug-likeness (QED) is 0.352. The van der Waals surface area contributed by atoms with Crippen LogP contribution in [-0.2, 0) is 6.42 Å². The molecule has 7 heteroatoms. The molecule has 5 rings (SSSR count). The van der Waals surface area contributed by atoms with Crippen LogP contribution in [0.15, 0.2) is 60.9 Å². The maximum Gasteiger partial charge on any atom is 0.159 e. The molecule has 2 aromatic carbocycles. The van der Waals surface area contributed by atoms with Crippen molar-refractivity contribution < 1.29 is 4.74 Å². The topological polar surface area (TPSA) is 91.5 Å². The molecule has 0 saturated carbocycles. The molecule has 156 valence electrons. The fourth-order valence-electron chi connectivity index (χ4n) is 3.65. The molecule has 0 spiro atoms. The molecule has 0 atom stereocenters. The zero-order valence-corrected chi connectivity index (χ0v) is 17.5. The van der Waals surface area contributed by atoms with E-state index in [1.54, 1.807) is 6.20 Å². The second kappa shape index (κ2) is 8.10. The third-order valence-corrected chi connectivity index (χ3v) is 5.08. The summed E-state index contributed by atoms with van der Waals surface area (Å²) in [6.45, 7) is 4.87. The van der Waals surface area contributed by atoms with Gasteiger partial charge in [0.2, 0.25) is 0 Å². The van der Waals surface area contributed by atoms with Gasteiger partial charge >= 0.3 is 0 Å². The Balaban J connectivity index is 1.38. The lowest BCUT2D eigenvalue weighted by Gasteiger charge is -2.09. The standard InChI is InChI=1S/C24H24N6O/c1-15(2)31-18-6-8-20-19(13-18)23(30-29-20)24-27-21-7-5-17(12-22(21)28-24)26-11-9-16-4-3-10-25-14-16/h3-8,10,12-15,26H,9,11H2,1-2H3,(H,27,28)(H,29,30). The minimum atomic E-state index is 0.114. The van der Waals surface area contributed by atoms with Crippen LogP contribution in [-0.4, -0.2) is 37.8 Å². The molecule has 31 heavy (non-hydrogen) atoms. The van der Waals surface area contributed by atoms with E-state index in [9.17, 15) is 0 Å². The van der Waals surface area contributed by atoms with Gasteiger partial charge in [0.05, 0.1) is 22.7 Å². The van der Waals surface area contributed by atoms with E-state index >= 15 is 0 Å². The van der Waals surface area contributed by atoms with E-state index in [-0.39, 0.29) is 6.10 Å². The van der Waals surface area contributed by atoms with Gasteiger partial charge < -0.3 is 15.0 Å². The predicted molar refractivity (Wildman–Crippen MR) is 123 cm³/mol. The van der Waals surface area contributed by atoms with Crippen molar-refractivity contribution in [3.8, 4) is 17.3 Å². The number of fused-ring (bicyclic) bond motifs is 2. The molecule has 0 aliphatic heterocycles. The van der Waals surface area contributed by atoms with E-state index in [4.69, 9.17) is 9.72 Å². The van der Waals surface area contributed by atoms with Crippen LogP contribution in [0.1, 0.15) is 19.4 Å². The number of aromatic nitrogens is 5. The maximum absolute atomic E-state index is 5.84. The summed E-state index contributed by atoms with van der Waals surface area (Å²) in [5, 5.41) is 12.0. The fraction of sp³-hybridized carbons (Fsp3) is 0.208. The van der Waals surface area contributed by atoms with Gasteiger partial charge in [-0.05, 0) is 68.3 Å². The van der Waals surface area contributed by atoms with Gasteiger partial charge in [0.1, 0.15) is 11.4 Å². The van der Waals surface area contributed by atoms with Crippen LogP contribution in [0.4, 0.5) is 5.69 Å². The zero-order valence-electron chi connectivity index (χ0n) is 17.5. The number of anilines is 1. The molecule has 3 N–H and O–H groups in total. The van der Waals surface area contributed by atoms with Gasteiger partial charge in [-0.2, -0.15) is 5.10 Å². The van der Waals surface area contributed by atoms with E-state index in [0.717, 1.165) is 57.9 Å². The monoisotopic (exact) mass is 412 g/mol. The van der Waals surface area contributed by atoms with Crippen molar-refractivity contribution in [2.75, 3.05) is 11.9 Å². The molecular formula is C24H24N6O. The van der Waals surface area contributed by atoms with Crippen LogP contribution in [0.5, 0.6) is 5.75 Å². The molecule has 7 nitrogen and oxygen atoms in total. The van der Waals surface area contributed by atoms with Gasteiger partial charge in [-0.1, -0.05) is 6.07 Å². The van der Waals surface area contributed by atoms with Gasteiger partial charge in [-0.25, -0.2) is 4.98 Å².